The van der Waals surface area contributed by atoms with Gasteiger partial charge in [-0.05, 0) is 24.9 Å². The molecule has 1 rings (SSSR count). The monoisotopic (exact) mass is 221 g/mol. The predicted octanol–water partition coefficient (Wildman–Crippen LogP) is 2.63. The molecule has 0 saturated heterocycles. The fraction of sp³-hybridized carbons (Fsp3) is 0.571. The van der Waals surface area contributed by atoms with Crippen LogP contribution in [-0.2, 0) is 11.2 Å². The Kier molecular flexibility index (Phi) is 6.86. The van der Waals surface area contributed by atoms with Crippen LogP contribution >= 0.6 is 0 Å². The van der Waals surface area contributed by atoms with Crippen LogP contribution in [0, 0.1) is 0 Å². The molecule has 0 amide bonds. The summed E-state index contributed by atoms with van der Waals surface area (Å²) in [5.41, 5.74) is 1.37. The molecule has 2 nitrogen and oxygen atoms in total. The molecule has 0 spiro atoms. The first kappa shape index (κ1) is 13.2. The highest BCUT2D eigenvalue weighted by Crippen LogP contribution is 2.03. The third kappa shape index (κ3) is 5.29. The fourth-order valence-electron chi connectivity index (χ4n) is 1.75. The second kappa shape index (κ2) is 8.31. The molecule has 1 aromatic carbocycles. The summed E-state index contributed by atoms with van der Waals surface area (Å²) in [6.07, 6.45) is 2.13. The van der Waals surface area contributed by atoms with E-state index >= 15 is 0 Å². The number of hydrogen-bond acceptors (Lipinski definition) is 2. The molecular weight excluding hydrogens is 198 g/mol. The van der Waals surface area contributed by atoms with Gasteiger partial charge in [-0.25, -0.2) is 0 Å². The van der Waals surface area contributed by atoms with Crippen LogP contribution in [0.1, 0.15) is 25.8 Å². The van der Waals surface area contributed by atoms with Crippen LogP contribution in [0.25, 0.3) is 0 Å². The van der Waals surface area contributed by atoms with Crippen molar-refractivity contribution in [3.05, 3.63) is 35.9 Å². The lowest BCUT2D eigenvalue weighted by Crippen LogP contribution is -2.35. The van der Waals surface area contributed by atoms with Gasteiger partial charge in [0.15, 0.2) is 0 Å². The Balaban J connectivity index is 2.38. The van der Waals surface area contributed by atoms with E-state index in [1.807, 2.05) is 0 Å². The van der Waals surface area contributed by atoms with Crippen LogP contribution in [0.4, 0.5) is 0 Å². The second-order valence-corrected chi connectivity index (χ2v) is 4.02. The Labute approximate surface area is 99.0 Å². The standard InChI is InChI=1S/C14H23NO/c1-3-10-16-12-14(15-4-2)11-13-8-6-5-7-9-13/h5-9,14-15H,3-4,10-12H2,1-2H3. The normalized spacial score (nSPS) is 12.6. The largest absolute Gasteiger partial charge is 0.380 e. The van der Waals surface area contributed by atoms with E-state index in [0.29, 0.717) is 6.04 Å². The average Bonchev–Trinajstić information content (AvgIpc) is 2.31. The van der Waals surface area contributed by atoms with Crippen molar-refractivity contribution in [1.29, 1.82) is 0 Å². The summed E-state index contributed by atoms with van der Waals surface area (Å²) in [6.45, 7) is 6.93. The lowest BCUT2D eigenvalue weighted by Gasteiger charge is -2.17. The third-order valence-corrected chi connectivity index (χ3v) is 2.49. The molecule has 0 radical (unpaired) electrons. The molecule has 16 heavy (non-hydrogen) atoms. The maximum Gasteiger partial charge on any atom is 0.0622 e. The van der Waals surface area contributed by atoms with E-state index in [9.17, 15) is 0 Å². The molecule has 2 heteroatoms. The van der Waals surface area contributed by atoms with Gasteiger partial charge in [0.1, 0.15) is 0 Å². The Bertz CT molecular complexity index is 261. The molecule has 1 unspecified atom stereocenters. The number of hydrogen-bond donors (Lipinski definition) is 1. The minimum atomic E-state index is 0.430. The summed E-state index contributed by atoms with van der Waals surface area (Å²) in [5.74, 6) is 0. The van der Waals surface area contributed by atoms with Crippen LogP contribution in [0.3, 0.4) is 0 Å². The van der Waals surface area contributed by atoms with E-state index in [0.717, 1.165) is 32.6 Å². The summed E-state index contributed by atoms with van der Waals surface area (Å²) in [6, 6.07) is 11.0. The minimum absolute atomic E-state index is 0.430. The molecular formula is C14H23NO. The zero-order chi connectivity index (χ0) is 11.6. The lowest BCUT2D eigenvalue weighted by molar-refractivity contribution is 0.112. The fourth-order valence-corrected chi connectivity index (χ4v) is 1.75. The summed E-state index contributed by atoms with van der Waals surface area (Å²) in [7, 11) is 0. The van der Waals surface area contributed by atoms with Crippen molar-refractivity contribution in [2.24, 2.45) is 0 Å². The quantitative estimate of drug-likeness (QED) is 0.681. The van der Waals surface area contributed by atoms with E-state index in [-0.39, 0.29) is 0 Å². The van der Waals surface area contributed by atoms with Gasteiger partial charge in [-0.2, -0.15) is 0 Å². The first-order valence-corrected chi connectivity index (χ1v) is 6.21. The lowest BCUT2D eigenvalue weighted by atomic mass is 10.1. The Morgan fingerprint density at radius 1 is 1.19 bits per heavy atom. The van der Waals surface area contributed by atoms with Gasteiger partial charge in [-0.1, -0.05) is 44.2 Å². The smallest absolute Gasteiger partial charge is 0.0622 e. The number of ether oxygens (including phenoxy) is 1. The van der Waals surface area contributed by atoms with E-state index in [2.05, 4.69) is 49.5 Å². The molecule has 1 N–H and O–H groups in total. The zero-order valence-electron chi connectivity index (χ0n) is 10.4. The van der Waals surface area contributed by atoms with Gasteiger partial charge in [-0.15, -0.1) is 0 Å². The van der Waals surface area contributed by atoms with Crippen LogP contribution in [-0.4, -0.2) is 25.8 Å². The topological polar surface area (TPSA) is 21.3 Å². The predicted molar refractivity (Wildman–Crippen MR) is 68.7 cm³/mol. The van der Waals surface area contributed by atoms with E-state index in [1.54, 1.807) is 0 Å². The van der Waals surface area contributed by atoms with Crippen molar-refractivity contribution < 1.29 is 4.74 Å². The van der Waals surface area contributed by atoms with Crippen molar-refractivity contribution in [2.75, 3.05) is 19.8 Å². The molecule has 0 fully saturated rings. The maximum absolute atomic E-state index is 5.61. The van der Waals surface area contributed by atoms with Crippen molar-refractivity contribution in [3.8, 4) is 0 Å². The van der Waals surface area contributed by atoms with Crippen molar-refractivity contribution in [2.45, 2.75) is 32.7 Å². The molecule has 0 aliphatic rings. The van der Waals surface area contributed by atoms with Crippen LogP contribution in [0.2, 0.25) is 0 Å². The Morgan fingerprint density at radius 3 is 2.56 bits per heavy atom. The van der Waals surface area contributed by atoms with Gasteiger partial charge in [0, 0.05) is 12.6 Å². The van der Waals surface area contributed by atoms with E-state index in [1.165, 1.54) is 5.56 Å². The van der Waals surface area contributed by atoms with Gasteiger partial charge in [0.05, 0.1) is 6.61 Å². The maximum atomic E-state index is 5.61. The van der Waals surface area contributed by atoms with Crippen molar-refractivity contribution in [3.63, 3.8) is 0 Å². The molecule has 0 aromatic heterocycles. The highest BCUT2D eigenvalue weighted by molar-refractivity contribution is 5.15. The van der Waals surface area contributed by atoms with Gasteiger partial charge in [0.25, 0.3) is 0 Å². The molecule has 0 aliphatic carbocycles. The highest BCUT2D eigenvalue weighted by atomic mass is 16.5. The Morgan fingerprint density at radius 2 is 1.94 bits per heavy atom. The number of likely N-dealkylation sites (N-methyl/N-ethyl adjacent to an activating group) is 1. The van der Waals surface area contributed by atoms with E-state index in [4.69, 9.17) is 4.74 Å². The van der Waals surface area contributed by atoms with Crippen LogP contribution in [0.5, 0.6) is 0 Å². The molecule has 0 heterocycles. The molecule has 0 aliphatic heterocycles. The Hall–Kier alpha value is -0.860. The van der Waals surface area contributed by atoms with Crippen LogP contribution in [0.15, 0.2) is 30.3 Å². The highest BCUT2D eigenvalue weighted by Gasteiger charge is 2.07. The first-order valence-electron chi connectivity index (χ1n) is 6.21. The molecule has 1 aromatic rings. The molecule has 1 atom stereocenters. The first-order chi connectivity index (χ1) is 7.86. The second-order valence-electron chi connectivity index (χ2n) is 4.02. The van der Waals surface area contributed by atoms with Gasteiger partial charge < -0.3 is 10.1 Å². The third-order valence-electron chi connectivity index (χ3n) is 2.49. The number of nitrogens with one attached hydrogen (secondary N) is 1. The number of benzene rings is 1. The van der Waals surface area contributed by atoms with Crippen molar-refractivity contribution in [1.82, 2.24) is 5.32 Å². The summed E-state index contributed by atoms with van der Waals surface area (Å²) in [4.78, 5) is 0. The summed E-state index contributed by atoms with van der Waals surface area (Å²) >= 11 is 0. The van der Waals surface area contributed by atoms with Gasteiger partial charge in [-0.3, -0.25) is 0 Å². The summed E-state index contributed by atoms with van der Waals surface area (Å²) in [5, 5.41) is 3.46. The van der Waals surface area contributed by atoms with E-state index < -0.39 is 0 Å². The molecule has 0 saturated carbocycles. The van der Waals surface area contributed by atoms with Crippen LogP contribution < -0.4 is 5.32 Å². The number of rotatable bonds is 8. The van der Waals surface area contributed by atoms with Gasteiger partial charge in [0.2, 0.25) is 0 Å². The average molecular weight is 221 g/mol. The SMILES string of the molecule is CCCOCC(Cc1ccccc1)NCC. The molecule has 0 bridgehead atoms. The minimum Gasteiger partial charge on any atom is -0.380 e. The van der Waals surface area contributed by atoms with Gasteiger partial charge >= 0.3 is 0 Å². The zero-order valence-corrected chi connectivity index (χ0v) is 10.4. The summed E-state index contributed by atoms with van der Waals surface area (Å²) < 4.78 is 5.61. The molecule has 90 valence electrons. The van der Waals surface area contributed by atoms with Crippen molar-refractivity contribution >= 4 is 0 Å².